The van der Waals surface area contributed by atoms with E-state index in [-0.39, 0.29) is 6.61 Å². The van der Waals surface area contributed by atoms with E-state index in [4.69, 9.17) is 5.11 Å². The zero-order chi connectivity index (χ0) is 12.8. The van der Waals surface area contributed by atoms with Crippen LogP contribution in [0.1, 0.15) is 24.0 Å². The molecule has 0 amide bonds. The average Bonchev–Trinajstić information content (AvgIpc) is 2.42. The Labute approximate surface area is 110 Å². The third kappa shape index (κ3) is 4.09. The largest absolute Gasteiger partial charge is 0.392 e. The summed E-state index contributed by atoms with van der Waals surface area (Å²) in [5.74, 6) is 0.831. The fourth-order valence-corrected chi connectivity index (χ4v) is 2.45. The molecular formula is C15H24N2O. The summed E-state index contributed by atoms with van der Waals surface area (Å²) in [4.78, 5) is 2.41. The second-order valence-electron chi connectivity index (χ2n) is 5.35. The van der Waals surface area contributed by atoms with Gasteiger partial charge in [0.25, 0.3) is 0 Å². The maximum atomic E-state index is 8.98. The summed E-state index contributed by atoms with van der Waals surface area (Å²) in [5, 5.41) is 12.5. The Bertz CT molecular complexity index is 342. The molecule has 0 saturated carbocycles. The first-order valence-corrected chi connectivity index (χ1v) is 6.86. The van der Waals surface area contributed by atoms with Crippen LogP contribution in [0.2, 0.25) is 0 Å². The van der Waals surface area contributed by atoms with Gasteiger partial charge in [0.2, 0.25) is 0 Å². The van der Waals surface area contributed by atoms with E-state index in [1.54, 1.807) is 0 Å². The predicted octanol–water partition coefficient (Wildman–Crippen LogP) is 1.61. The lowest BCUT2D eigenvalue weighted by molar-refractivity contribution is 0.216. The van der Waals surface area contributed by atoms with Crippen LogP contribution in [0, 0.1) is 5.92 Å². The average molecular weight is 248 g/mol. The van der Waals surface area contributed by atoms with Crippen LogP contribution in [-0.4, -0.2) is 36.7 Å². The van der Waals surface area contributed by atoms with Crippen LogP contribution in [0.5, 0.6) is 0 Å². The minimum absolute atomic E-state index is 0.128. The minimum Gasteiger partial charge on any atom is -0.392 e. The van der Waals surface area contributed by atoms with Crippen molar-refractivity contribution in [1.82, 2.24) is 10.2 Å². The Kier molecular flexibility index (Phi) is 5.17. The third-order valence-corrected chi connectivity index (χ3v) is 3.81. The maximum absolute atomic E-state index is 8.98. The van der Waals surface area contributed by atoms with Gasteiger partial charge in [-0.15, -0.1) is 0 Å². The van der Waals surface area contributed by atoms with Gasteiger partial charge in [0, 0.05) is 6.54 Å². The molecule has 0 aromatic heterocycles. The van der Waals surface area contributed by atoms with Crippen LogP contribution in [0.25, 0.3) is 0 Å². The van der Waals surface area contributed by atoms with Gasteiger partial charge in [-0.3, -0.25) is 0 Å². The number of likely N-dealkylation sites (tertiary alicyclic amines) is 1. The van der Waals surface area contributed by atoms with Crippen LogP contribution in [0.15, 0.2) is 24.3 Å². The molecule has 2 rings (SSSR count). The summed E-state index contributed by atoms with van der Waals surface area (Å²) in [6.07, 6.45) is 2.62. The van der Waals surface area contributed by atoms with E-state index in [1.165, 1.54) is 31.5 Å². The van der Waals surface area contributed by atoms with E-state index < -0.39 is 0 Å². The van der Waals surface area contributed by atoms with Gasteiger partial charge >= 0.3 is 0 Å². The van der Waals surface area contributed by atoms with Crippen molar-refractivity contribution in [2.24, 2.45) is 5.92 Å². The van der Waals surface area contributed by atoms with Gasteiger partial charge in [-0.25, -0.2) is 0 Å². The van der Waals surface area contributed by atoms with Crippen molar-refractivity contribution in [3.8, 4) is 0 Å². The molecule has 3 heteroatoms. The van der Waals surface area contributed by atoms with Gasteiger partial charge in [0.05, 0.1) is 6.61 Å². The molecule has 1 aromatic carbocycles. The molecule has 100 valence electrons. The molecule has 18 heavy (non-hydrogen) atoms. The zero-order valence-corrected chi connectivity index (χ0v) is 11.2. The lowest BCUT2D eigenvalue weighted by atomic mass is 9.97. The van der Waals surface area contributed by atoms with Crippen molar-refractivity contribution >= 4 is 0 Å². The standard InChI is InChI=1S/C15H24N2O/c1-17-8-6-14(7-9-17)11-16-10-13-2-4-15(12-18)5-3-13/h2-5,14,16,18H,6-12H2,1H3. The van der Waals surface area contributed by atoms with Gasteiger partial charge in [0.1, 0.15) is 0 Å². The Balaban J connectivity index is 1.68. The van der Waals surface area contributed by atoms with Crippen molar-refractivity contribution in [2.75, 3.05) is 26.7 Å². The number of nitrogens with one attached hydrogen (secondary N) is 1. The second kappa shape index (κ2) is 6.88. The summed E-state index contributed by atoms with van der Waals surface area (Å²) in [5.41, 5.74) is 2.27. The number of nitrogens with zero attached hydrogens (tertiary/aromatic N) is 1. The van der Waals surface area contributed by atoms with E-state index in [9.17, 15) is 0 Å². The first kappa shape index (κ1) is 13.5. The van der Waals surface area contributed by atoms with Crippen molar-refractivity contribution in [1.29, 1.82) is 0 Å². The summed E-state index contributed by atoms with van der Waals surface area (Å²) >= 11 is 0. The monoisotopic (exact) mass is 248 g/mol. The number of hydrogen-bond acceptors (Lipinski definition) is 3. The number of aliphatic hydroxyl groups is 1. The summed E-state index contributed by atoms with van der Waals surface area (Å²) in [6, 6.07) is 8.17. The highest BCUT2D eigenvalue weighted by Gasteiger charge is 2.15. The fraction of sp³-hybridized carbons (Fsp3) is 0.600. The lowest BCUT2D eigenvalue weighted by Crippen LogP contribution is -2.34. The van der Waals surface area contributed by atoms with E-state index in [0.717, 1.165) is 24.6 Å². The second-order valence-corrected chi connectivity index (χ2v) is 5.35. The SMILES string of the molecule is CN1CCC(CNCc2ccc(CO)cc2)CC1. The first-order valence-electron chi connectivity index (χ1n) is 6.86. The van der Waals surface area contributed by atoms with E-state index in [1.807, 2.05) is 12.1 Å². The van der Waals surface area contributed by atoms with Gasteiger partial charge in [0.15, 0.2) is 0 Å². The summed E-state index contributed by atoms with van der Waals surface area (Å²) in [6.45, 7) is 4.64. The van der Waals surface area contributed by atoms with Gasteiger partial charge in [-0.2, -0.15) is 0 Å². The smallest absolute Gasteiger partial charge is 0.0681 e. The topological polar surface area (TPSA) is 35.5 Å². The number of rotatable bonds is 5. The highest BCUT2D eigenvalue weighted by molar-refractivity contribution is 5.21. The number of aliphatic hydroxyl groups excluding tert-OH is 1. The molecule has 1 fully saturated rings. The molecule has 1 saturated heterocycles. The molecule has 0 atom stereocenters. The molecule has 0 bridgehead atoms. The van der Waals surface area contributed by atoms with Crippen LogP contribution in [0.3, 0.4) is 0 Å². The third-order valence-electron chi connectivity index (χ3n) is 3.81. The van der Waals surface area contributed by atoms with Crippen LogP contribution >= 0.6 is 0 Å². The summed E-state index contributed by atoms with van der Waals surface area (Å²) < 4.78 is 0. The molecular weight excluding hydrogens is 224 g/mol. The molecule has 0 unspecified atom stereocenters. The highest BCUT2D eigenvalue weighted by atomic mass is 16.3. The lowest BCUT2D eigenvalue weighted by Gasteiger charge is -2.29. The van der Waals surface area contributed by atoms with Gasteiger partial charge < -0.3 is 15.3 Å². The first-order chi connectivity index (χ1) is 8.78. The maximum Gasteiger partial charge on any atom is 0.0681 e. The van der Waals surface area contributed by atoms with Crippen molar-refractivity contribution in [2.45, 2.75) is 26.0 Å². The number of benzene rings is 1. The molecule has 1 aromatic rings. The minimum atomic E-state index is 0.128. The van der Waals surface area contributed by atoms with E-state index in [2.05, 4.69) is 29.4 Å². The van der Waals surface area contributed by atoms with Gasteiger partial charge in [-0.05, 0) is 56.6 Å². The molecule has 2 N–H and O–H groups in total. The Morgan fingerprint density at radius 2 is 1.78 bits per heavy atom. The van der Waals surface area contributed by atoms with Crippen molar-refractivity contribution in [3.63, 3.8) is 0 Å². The predicted molar refractivity (Wildman–Crippen MR) is 74.3 cm³/mol. The van der Waals surface area contributed by atoms with E-state index in [0.29, 0.717) is 0 Å². The normalized spacial score (nSPS) is 18.1. The Morgan fingerprint density at radius 1 is 1.17 bits per heavy atom. The van der Waals surface area contributed by atoms with E-state index >= 15 is 0 Å². The number of hydrogen-bond donors (Lipinski definition) is 2. The quantitative estimate of drug-likeness (QED) is 0.831. The highest BCUT2D eigenvalue weighted by Crippen LogP contribution is 2.15. The molecule has 0 spiro atoms. The molecule has 0 radical (unpaired) electrons. The summed E-state index contributed by atoms with van der Waals surface area (Å²) in [7, 11) is 2.20. The van der Waals surface area contributed by atoms with Crippen LogP contribution in [-0.2, 0) is 13.2 Å². The Morgan fingerprint density at radius 3 is 2.39 bits per heavy atom. The molecule has 3 nitrogen and oxygen atoms in total. The Hall–Kier alpha value is -0.900. The zero-order valence-electron chi connectivity index (χ0n) is 11.2. The fourth-order valence-electron chi connectivity index (χ4n) is 2.45. The molecule has 0 aliphatic carbocycles. The van der Waals surface area contributed by atoms with Gasteiger partial charge in [-0.1, -0.05) is 24.3 Å². The van der Waals surface area contributed by atoms with Crippen molar-refractivity contribution in [3.05, 3.63) is 35.4 Å². The number of piperidine rings is 1. The molecule has 1 aliphatic heterocycles. The van der Waals surface area contributed by atoms with Crippen LogP contribution in [0.4, 0.5) is 0 Å². The van der Waals surface area contributed by atoms with Crippen LogP contribution < -0.4 is 5.32 Å². The molecule has 1 aliphatic rings. The van der Waals surface area contributed by atoms with Crippen molar-refractivity contribution < 1.29 is 5.11 Å². The molecule has 1 heterocycles.